The topological polar surface area (TPSA) is 46.9 Å². The van der Waals surface area contributed by atoms with Crippen LogP contribution >= 0.6 is 15.9 Å². The zero-order valence-corrected chi connectivity index (χ0v) is 9.26. The van der Waals surface area contributed by atoms with Gasteiger partial charge in [-0.05, 0) is 22.5 Å². The van der Waals surface area contributed by atoms with Crippen molar-refractivity contribution in [3.63, 3.8) is 0 Å². The van der Waals surface area contributed by atoms with Crippen LogP contribution in [0.15, 0.2) is 10.7 Å². The highest BCUT2D eigenvalue weighted by atomic mass is 79.9. The number of Topliss-reactive ketones (excluding diaryl/α,β-unsaturated/α-hetero) is 1. The molecule has 0 bridgehead atoms. The minimum Gasteiger partial charge on any atom is -0.310 e. The van der Waals surface area contributed by atoms with Crippen LogP contribution < -0.4 is 5.32 Å². The maximum atomic E-state index is 11.6. The molecule has 0 amide bonds. The molecule has 0 aliphatic rings. The molecular formula is C8H12BrN3O. The average molecular weight is 246 g/mol. The molecule has 0 saturated carbocycles. The van der Waals surface area contributed by atoms with Crippen molar-refractivity contribution in [2.45, 2.75) is 6.92 Å². The monoisotopic (exact) mass is 245 g/mol. The SMILES string of the molecule is CCNCC(=O)c1c(Br)cnn1C. The van der Waals surface area contributed by atoms with Crippen LogP contribution in [0.3, 0.4) is 0 Å². The lowest BCUT2D eigenvalue weighted by Crippen LogP contribution is -2.24. The zero-order chi connectivity index (χ0) is 9.84. The first-order chi connectivity index (χ1) is 6.16. The maximum absolute atomic E-state index is 11.6. The normalized spacial score (nSPS) is 10.4. The van der Waals surface area contributed by atoms with Crippen molar-refractivity contribution in [2.24, 2.45) is 7.05 Å². The average Bonchev–Trinajstić information content (AvgIpc) is 2.42. The van der Waals surface area contributed by atoms with E-state index in [1.54, 1.807) is 17.9 Å². The number of hydrogen-bond donors (Lipinski definition) is 1. The van der Waals surface area contributed by atoms with Crippen LogP contribution in [0.1, 0.15) is 17.4 Å². The Morgan fingerprint density at radius 3 is 2.92 bits per heavy atom. The molecule has 1 N–H and O–H groups in total. The Kier molecular flexibility index (Phi) is 3.62. The fourth-order valence-electron chi connectivity index (χ4n) is 1.05. The number of aryl methyl sites for hydroxylation is 1. The van der Waals surface area contributed by atoms with Crippen molar-refractivity contribution in [2.75, 3.05) is 13.1 Å². The van der Waals surface area contributed by atoms with Gasteiger partial charge in [-0.15, -0.1) is 0 Å². The molecule has 1 rings (SSSR count). The number of likely N-dealkylation sites (N-methyl/N-ethyl adjacent to an activating group) is 1. The molecule has 0 saturated heterocycles. The van der Waals surface area contributed by atoms with Crippen molar-refractivity contribution in [3.8, 4) is 0 Å². The number of hydrogen-bond acceptors (Lipinski definition) is 3. The van der Waals surface area contributed by atoms with Gasteiger partial charge in [0, 0.05) is 7.05 Å². The number of nitrogens with zero attached hydrogens (tertiary/aromatic N) is 2. The van der Waals surface area contributed by atoms with Crippen LogP contribution in [-0.2, 0) is 7.05 Å². The Bertz CT molecular complexity index is 289. The Hall–Kier alpha value is -0.680. The van der Waals surface area contributed by atoms with Gasteiger partial charge in [0.2, 0.25) is 0 Å². The molecule has 0 fully saturated rings. The van der Waals surface area contributed by atoms with Crippen LogP contribution in [-0.4, -0.2) is 28.7 Å². The first kappa shape index (κ1) is 10.4. The minimum absolute atomic E-state index is 0.0497. The van der Waals surface area contributed by atoms with E-state index in [0.29, 0.717) is 12.2 Å². The molecule has 0 radical (unpaired) electrons. The predicted molar refractivity (Wildman–Crippen MR) is 53.8 cm³/mol. The van der Waals surface area contributed by atoms with Crippen molar-refractivity contribution in [1.82, 2.24) is 15.1 Å². The van der Waals surface area contributed by atoms with Crippen LogP contribution in [0.2, 0.25) is 0 Å². The highest BCUT2D eigenvalue weighted by molar-refractivity contribution is 9.10. The van der Waals surface area contributed by atoms with E-state index in [1.165, 1.54) is 0 Å². The summed E-state index contributed by atoms with van der Waals surface area (Å²) in [5.41, 5.74) is 0.612. The second-order valence-corrected chi connectivity index (χ2v) is 3.52. The largest absolute Gasteiger partial charge is 0.310 e. The lowest BCUT2D eigenvalue weighted by molar-refractivity contribution is 0.0982. The highest BCUT2D eigenvalue weighted by Crippen LogP contribution is 2.14. The van der Waals surface area contributed by atoms with Gasteiger partial charge in [-0.2, -0.15) is 5.10 Å². The van der Waals surface area contributed by atoms with E-state index in [9.17, 15) is 4.79 Å². The summed E-state index contributed by atoms with van der Waals surface area (Å²) in [7, 11) is 1.75. The summed E-state index contributed by atoms with van der Waals surface area (Å²) in [4.78, 5) is 11.6. The fourth-order valence-corrected chi connectivity index (χ4v) is 1.62. The zero-order valence-electron chi connectivity index (χ0n) is 7.67. The molecule has 4 nitrogen and oxygen atoms in total. The molecule has 1 aromatic rings. The second kappa shape index (κ2) is 4.53. The molecule has 0 aliphatic carbocycles. The molecule has 1 heterocycles. The Balaban J connectivity index is 2.76. The van der Waals surface area contributed by atoms with Gasteiger partial charge >= 0.3 is 0 Å². The van der Waals surface area contributed by atoms with Gasteiger partial charge in [0.25, 0.3) is 0 Å². The Morgan fingerprint density at radius 1 is 1.77 bits per heavy atom. The van der Waals surface area contributed by atoms with Gasteiger partial charge in [-0.1, -0.05) is 6.92 Å². The smallest absolute Gasteiger partial charge is 0.195 e. The number of ketones is 1. The van der Waals surface area contributed by atoms with Gasteiger partial charge < -0.3 is 5.32 Å². The third kappa shape index (κ3) is 2.38. The minimum atomic E-state index is 0.0497. The highest BCUT2D eigenvalue weighted by Gasteiger charge is 2.13. The third-order valence-corrected chi connectivity index (χ3v) is 2.27. The van der Waals surface area contributed by atoms with Gasteiger partial charge in [0.05, 0.1) is 17.2 Å². The molecule has 1 aromatic heterocycles. The number of halogens is 1. The van der Waals surface area contributed by atoms with Gasteiger partial charge in [-0.3, -0.25) is 9.48 Å². The summed E-state index contributed by atoms with van der Waals surface area (Å²) >= 11 is 3.28. The lowest BCUT2D eigenvalue weighted by Gasteiger charge is -2.02. The van der Waals surface area contributed by atoms with Crippen molar-refractivity contribution < 1.29 is 4.79 Å². The molecule has 0 unspecified atom stereocenters. The number of rotatable bonds is 4. The quantitative estimate of drug-likeness (QED) is 0.805. The number of nitrogens with one attached hydrogen (secondary N) is 1. The van der Waals surface area contributed by atoms with E-state index in [2.05, 4.69) is 26.3 Å². The van der Waals surface area contributed by atoms with Crippen LogP contribution in [0, 0.1) is 0 Å². The fraction of sp³-hybridized carbons (Fsp3) is 0.500. The summed E-state index contributed by atoms with van der Waals surface area (Å²) in [6.07, 6.45) is 1.62. The summed E-state index contributed by atoms with van der Waals surface area (Å²) in [5, 5.41) is 6.95. The summed E-state index contributed by atoms with van der Waals surface area (Å²) < 4.78 is 2.32. The summed E-state index contributed by atoms with van der Waals surface area (Å²) in [6.45, 7) is 3.11. The lowest BCUT2D eigenvalue weighted by atomic mass is 10.3. The Labute approximate surface area is 85.4 Å². The molecule has 0 aromatic carbocycles. The van der Waals surface area contributed by atoms with Gasteiger partial charge in [0.1, 0.15) is 5.69 Å². The predicted octanol–water partition coefficient (Wildman–Crippen LogP) is 0.975. The van der Waals surface area contributed by atoms with Crippen molar-refractivity contribution in [1.29, 1.82) is 0 Å². The standard InChI is InChI=1S/C8H12BrN3O/c1-3-10-5-7(13)8-6(9)4-11-12(8)2/h4,10H,3,5H2,1-2H3. The van der Waals surface area contributed by atoms with Gasteiger partial charge in [-0.25, -0.2) is 0 Å². The van der Waals surface area contributed by atoms with E-state index >= 15 is 0 Å². The third-order valence-electron chi connectivity index (χ3n) is 1.69. The van der Waals surface area contributed by atoms with Crippen molar-refractivity contribution in [3.05, 3.63) is 16.4 Å². The number of carbonyl (C=O) groups is 1. The Morgan fingerprint density at radius 2 is 2.46 bits per heavy atom. The summed E-state index contributed by atoms with van der Waals surface area (Å²) in [6, 6.07) is 0. The van der Waals surface area contributed by atoms with E-state index in [1.807, 2.05) is 6.92 Å². The first-order valence-electron chi connectivity index (χ1n) is 4.08. The summed E-state index contributed by atoms with van der Waals surface area (Å²) in [5.74, 6) is 0.0497. The number of carbonyl (C=O) groups excluding carboxylic acids is 1. The number of aromatic nitrogens is 2. The van der Waals surface area contributed by atoms with E-state index in [-0.39, 0.29) is 5.78 Å². The van der Waals surface area contributed by atoms with E-state index in [0.717, 1.165) is 11.0 Å². The van der Waals surface area contributed by atoms with Gasteiger partial charge in [0.15, 0.2) is 5.78 Å². The molecular weight excluding hydrogens is 234 g/mol. The molecule has 13 heavy (non-hydrogen) atoms. The van der Waals surface area contributed by atoms with Crippen LogP contribution in [0.5, 0.6) is 0 Å². The molecule has 5 heteroatoms. The van der Waals surface area contributed by atoms with E-state index in [4.69, 9.17) is 0 Å². The molecule has 72 valence electrons. The second-order valence-electron chi connectivity index (χ2n) is 2.67. The molecule has 0 aliphatic heterocycles. The first-order valence-corrected chi connectivity index (χ1v) is 4.87. The van der Waals surface area contributed by atoms with Crippen LogP contribution in [0.25, 0.3) is 0 Å². The molecule has 0 spiro atoms. The van der Waals surface area contributed by atoms with E-state index < -0.39 is 0 Å². The van der Waals surface area contributed by atoms with Crippen LogP contribution in [0.4, 0.5) is 0 Å². The maximum Gasteiger partial charge on any atom is 0.195 e. The van der Waals surface area contributed by atoms with Crippen molar-refractivity contribution >= 4 is 21.7 Å². The molecule has 0 atom stereocenters.